The van der Waals surface area contributed by atoms with Gasteiger partial charge >= 0.3 is 0 Å². The van der Waals surface area contributed by atoms with Crippen molar-refractivity contribution in [1.29, 1.82) is 0 Å². The fourth-order valence-electron chi connectivity index (χ4n) is 2.60. The standard InChI is InChI=1S/C20H29N3O4/c1-5-13(2)18(22-15(4)25)20(27)21-14(3)19(26)23-17(12-24)11-16-9-7-6-8-10-16/h6-10,12-14,17-18H,5,11H2,1-4H3,(H,21,27)(H,22,25)(H,23,26). The van der Waals surface area contributed by atoms with Gasteiger partial charge in [0.25, 0.3) is 0 Å². The number of nitrogens with one attached hydrogen (secondary N) is 3. The molecule has 1 aromatic carbocycles. The fourth-order valence-corrected chi connectivity index (χ4v) is 2.60. The van der Waals surface area contributed by atoms with Crippen LogP contribution in [0.2, 0.25) is 0 Å². The van der Waals surface area contributed by atoms with E-state index in [0.717, 1.165) is 5.56 Å². The summed E-state index contributed by atoms with van der Waals surface area (Å²) in [5, 5.41) is 7.87. The molecule has 1 rings (SSSR count). The molecule has 0 saturated heterocycles. The van der Waals surface area contributed by atoms with Gasteiger partial charge in [-0.05, 0) is 24.8 Å². The average molecular weight is 375 g/mol. The molecular formula is C20H29N3O4. The quantitative estimate of drug-likeness (QED) is 0.530. The predicted molar refractivity (Wildman–Crippen MR) is 103 cm³/mol. The van der Waals surface area contributed by atoms with Crippen molar-refractivity contribution in [2.75, 3.05) is 0 Å². The maximum absolute atomic E-state index is 12.5. The number of carbonyl (C=O) groups excluding carboxylic acids is 4. The van der Waals surface area contributed by atoms with Gasteiger partial charge in [0.05, 0.1) is 6.04 Å². The van der Waals surface area contributed by atoms with Crippen molar-refractivity contribution in [2.45, 2.75) is 58.7 Å². The normalized spacial score (nSPS) is 15.0. The van der Waals surface area contributed by atoms with E-state index in [1.165, 1.54) is 6.92 Å². The third-order valence-corrected chi connectivity index (χ3v) is 4.40. The van der Waals surface area contributed by atoms with Gasteiger partial charge in [0.2, 0.25) is 17.7 Å². The fraction of sp³-hybridized carbons (Fsp3) is 0.500. The molecule has 7 nitrogen and oxygen atoms in total. The Balaban J connectivity index is 2.66. The van der Waals surface area contributed by atoms with Crippen LogP contribution in [-0.4, -0.2) is 42.1 Å². The first kappa shape index (κ1) is 22.3. The molecule has 0 aliphatic heterocycles. The van der Waals surface area contributed by atoms with Crippen LogP contribution in [0.25, 0.3) is 0 Å². The van der Waals surface area contributed by atoms with Gasteiger partial charge in [-0.3, -0.25) is 14.4 Å². The van der Waals surface area contributed by atoms with Crippen molar-refractivity contribution in [3.8, 4) is 0 Å². The van der Waals surface area contributed by atoms with Crippen LogP contribution in [0.5, 0.6) is 0 Å². The Bertz CT molecular complexity index is 648. The van der Waals surface area contributed by atoms with Gasteiger partial charge in [-0.2, -0.15) is 0 Å². The van der Waals surface area contributed by atoms with E-state index in [9.17, 15) is 19.2 Å². The van der Waals surface area contributed by atoms with Gasteiger partial charge < -0.3 is 20.7 Å². The molecule has 0 aliphatic carbocycles. The zero-order chi connectivity index (χ0) is 20.4. The van der Waals surface area contributed by atoms with Crippen LogP contribution < -0.4 is 16.0 Å². The molecule has 148 valence electrons. The lowest BCUT2D eigenvalue weighted by Gasteiger charge is -2.25. The third-order valence-electron chi connectivity index (χ3n) is 4.40. The zero-order valence-corrected chi connectivity index (χ0v) is 16.3. The molecule has 4 atom stereocenters. The van der Waals surface area contributed by atoms with Gasteiger partial charge in [-0.1, -0.05) is 50.6 Å². The summed E-state index contributed by atoms with van der Waals surface area (Å²) in [5.41, 5.74) is 0.925. The van der Waals surface area contributed by atoms with Crippen molar-refractivity contribution in [3.63, 3.8) is 0 Å². The maximum Gasteiger partial charge on any atom is 0.243 e. The summed E-state index contributed by atoms with van der Waals surface area (Å²) in [6, 6.07) is 7.11. The van der Waals surface area contributed by atoms with Gasteiger partial charge in [-0.15, -0.1) is 0 Å². The van der Waals surface area contributed by atoms with E-state index < -0.39 is 29.9 Å². The molecule has 4 unspecified atom stereocenters. The number of rotatable bonds is 10. The van der Waals surface area contributed by atoms with E-state index in [2.05, 4.69) is 16.0 Å². The monoisotopic (exact) mass is 375 g/mol. The topological polar surface area (TPSA) is 104 Å². The molecule has 3 N–H and O–H groups in total. The molecule has 0 aliphatic rings. The Morgan fingerprint density at radius 2 is 1.63 bits per heavy atom. The first-order chi connectivity index (χ1) is 12.8. The average Bonchev–Trinajstić information content (AvgIpc) is 2.65. The van der Waals surface area contributed by atoms with Crippen molar-refractivity contribution >= 4 is 24.0 Å². The van der Waals surface area contributed by atoms with Crippen LogP contribution in [0.1, 0.15) is 39.7 Å². The first-order valence-electron chi connectivity index (χ1n) is 9.15. The van der Waals surface area contributed by atoms with E-state index >= 15 is 0 Å². The van der Waals surface area contributed by atoms with Crippen LogP contribution in [-0.2, 0) is 25.6 Å². The van der Waals surface area contributed by atoms with Crippen LogP contribution in [0.3, 0.4) is 0 Å². The Labute approximate surface area is 160 Å². The SMILES string of the molecule is CCC(C)C(NC(C)=O)C(=O)NC(C)C(=O)NC(C=O)Cc1ccccc1. The Morgan fingerprint density at radius 1 is 1.00 bits per heavy atom. The molecule has 0 saturated carbocycles. The zero-order valence-electron chi connectivity index (χ0n) is 16.3. The minimum absolute atomic E-state index is 0.0787. The molecule has 0 radical (unpaired) electrons. The molecule has 0 heterocycles. The van der Waals surface area contributed by atoms with E-state index in [1.807, 2.05) is 44.2 Å². The highest BCUT2D eigenvalue weighted by Crippen LogP contribution is 2.08. The lowest BCUT2D eigenvalue weighted by molar-refractivity contribution is -0.132. The van der Waals surface area contributed by atoms with E-state index in [1.54, 1.807) is 6.92 Å². The molecule has 3 amide bonds. The highest BCUT2D eigenvalue weighted by molar-refractivity contribution is 5.92. The maximum atomic E-state index is 12.5. The van der Waals surface area contributed by atoms with Crippen molar-refractivity contribution in [3.05, 3.63) is 35.9 Å². The van der Waals surface area contributed by atoms with E-state index in [-0.39, 0.29) is 11.8 Å². The number of hydrogen-bond donors (Lipinski definition) is 3. The number of benzene rings is 1. The lowest BCUT2D eigenvalue weighted by Crippen LogP contribution is -2.55. The summed E-state index contributed by atoms with van der Waals surface area (Å²) < 4.78 is 0. The van der Waals surface area contributed by atoms with Gasteiger partial charge in [0.1, 0.15) is 18.4 Å². The van der Waals surface area contributed by atoms with Crippen LogP contribution in [0.4, 0.5) is 0 Å². The summed E-state index contributed by atoms with van der Waals surface area (Å²) in [6.07, 6.45) is 1.75. The summed E-state index contributed by atoms with van der Waals surface area (Å²) in [5.74, 6) is -1.27. The molecule has 0 fully saturated rings. The van der Waals surface area contributed by atoms with E-state index in [0.29, 0.717) is 19.1 Å². The molecule has 0 bridgehead atoms. The second-order valence-corrected chi connectivity index (χ2v) is 6.73. The highest BCUT2D eigenvalue weighted by Gasteiger charge is 2.28. The van der Waals surface area contributed by atoms with Crippen molar-refractivity contribution < 1.29 is 19.2 Å². The summed E-state index contributed by atoms with van der Waals surface area (Å²) in [6.45, 7) is 6.66. The van der Waals surface area contributed by atoms with Gasteiger partial charge in [0, 0.05) is 6.92 Å². The first-order valence-corrected chi connectivity index (χ1v) is 9.15. The molecular weight excluding hydrogens is 346 g/mol. The van der Waals surface area contributed by atoms with Crippen LogP contribution >= 0.6 is 0 Å². The summed E-state index contributed by atoms with van der Waals surface area (Å²) in [7, 11) is 0. The Hall–Kier alpha value is -2.70. The summed E-state index contributed by atoms with van der Waals surface area (Å²) >= 11 is 0. The van der Waals surface area contributed by atoms with Crippen molar-refractivity contribution in [2.24, 2.45) is 5.92 Å². The minimum atomic E-state index is -0.837. The molecule has 7 heteroatoms. The Morgan fingerprint density at radius 3 is 2.15 bits per heavy atom. The van der Waals surface area contributed by atoms with Crippen LogP contribution in [0, 0.1) is 5.92 Å². The molecule has 27 heavy (non-hydrogen) atoms. The smallest absolute Gasteiger partial charge is 0.243 e. The second-order valence-electron chi connectivity index (χ2n) is 6.73. The third kappa shape index (κ3) is 7.60. The summed E-state index contributed by atoms with van der Waals surface area (Å²) in [4.78, 5) is 47.5. The van der Waals surface area contributed by atoms with Crippen LogP contribution in [0.15, 0.2) is 30.3 Å². The second kappa shape index (κ2) is 11.1. The Kier molecular flexibility index (Phi) is 9.19. The molecule has 0 spiro atoms. The predicted octanol–water partition coefficient (Wildman–Crippen LogP) is 0.968. The van der Waals surface area contributed by atoms with Gasteiger partial charge in [0.15, 0.2) is 0 Å². The lowest BCUT2D eigenvalue weighted by atomic mass is 9.98. The molecule has 0 aromatic heterocycles. The number of hydrogen-bond acceptors (Lipinski definition) is 4. The van der Waals surface area contributed by atoms with E-state index in [4.69, 9.17) is 0 Å². The number of aldehydes is 1. The molecule has 1 aromatic rings. The largest absolute Gasteiger partial charge is 0.344 e. The van der Waals surface area contributed by atoms with Gasteiger partial charge in [-0.25, -0.2) is 0 Å². The highest BCUT2D eigenvalue weighted by atomic mass is 16.2. The number of carbonyl (C=O) groups is 4. The minimum Gasteiger partial charge on any atom is -0.344 e. The van der Waals surface area contributed by atoms with Crippen molar-refractivity contribution in [1.82, 2.24) is 16.0 Å². The number of amides is 3.